The Morgan fingerprint density at radius 2 is 2.00 bits per heavy atom. The quantitative estimate of drug-likeness (QED) is 0.691. The smallest absolute Gasteiger partial charge is 0.243 e. The van der Waals surface area contributed by atoms with E-state index in [0.29, 0.717) is 12.1 Å². The van der Waals surface area contributed by atoms with Gasteiger partial charge in [0.05, 0.1) is 12.6 Å². The fraction of sp³-hybridized carbons (Fsp3) is 0.385. The highest BCUT2D eigenvalue weighted by Crippen LogP contribution is 2.04. The lowest BCUT2D eigenvalue weighted by molar-refractivity contribution is -0.125. The second kappa shape index (κ2) is 8.55. The highest BCUT2D eigenvalue weighted by atomic mass is 32.2. The lowest BCUT2D eigenvalue weighted by atomic mass is 10.2. The first kappa shape index (κ1) is 15.5. The Bertz CT molecular complexity index is 412. The third-order valence-corrected chi connectivity index (χ3v) is 3.09. The zero-order chi connectivity index (χ0) is 14.1. The van der Waals surface area contributed by atoms with Gasteiger partial charge in [0, 0.05) is 5.69 Å². The Morgan fingerprint density at radius 3 is 2.63 bits per heavy atom. The van der Waals surface area contributed by atoms with Crippen LogP contribution in [0, 0.1) is 0 Å². The Kier molecular flexibility index (Phi) is 6.99. The van der Waals surface area contributed by atoms with Crippen molar-refractivity contribution in [1.29, 1.82) is 0 Å². The topological polar surface area (TPSA) is 84.2 Å². The lowest BCUT2D eigenvalue weighted by Crippen LogP contribution is -2.43. The molecule has 6 heteroatoms. The van der Waals surface area contributed by atoms with E-state index in [1.165, 1.54) is 0 Å². The van der Waals surface area contributed by atoms with Gasteiger partial charge < -0.3 is 16.4 Å². The van der Waals surface area contributed by atoms with Gasteiger partial charge in [-0.3, -0.25) is 9.59 Å². The van der Waals surface area contributed by atoms with Crippen LogP contribution < -0.4 is 16.4 Å². The summed E-state index contributed by atoms with van der Waals surface area (Å²) in [7, 11) is 0. The van der Waals surface area contributed by atoms with Crippen LogP contribution in [-0.2, 0) is 9.59 Å². The molecule has 5 nitrogen and oxygen atoms in total. The highest BCUT2D eigenvalue weighted by molar-refractivity contribution is 7.98. The second-order valence-electron chi connectivity index (χ2n) is 4.02. The number of nitrogens with one attached hydrogen (secondary N) is 2. The van der Waals surface area contributed by atoms with Crippen LogP contribution in [0.25, 0.3) is 0 Å². The summed E-state index contributed by atoms with van der Waals surface area (Å²) in [6.45, 7) is -0.0688. The summed E-state index contributed by atoms with van der Waals surface area (Å²) >= 11 is 1.63. The molecule has 0 heterocycles. The first-order valence-electron chi connectivity index (χ1n) is 6.00. The number of hydrogen-bond acceptors (Lipinski definition) is 4. The number of carbonyl (C=O) groups excluding carboxylic acids is 2. The Morgan fingerprint density at radius 1 is 1.32 bits per heavy atom. The highest BCUT2D eigenvalue weighted by Gasteiger charge is 2.13. The Labute approximate surface area is 117 Å². The fourth-order valence-corrected chi connectivity index (χ4v) is 1.89. The van der Waals surface area contributed by atoms with Crippen LogP contribution in [0.15, 0.2) is 30.3 Å². The largest absolute Gasteiger partial charge is 0.346 e. The molecule has 1 aromatic carbocycles. The molecule has 0 unspecified atom stereocenters. The molecule has 1 rings (SSSR count). The van der Waals surface area contributed by atoms with Gasteiger partial charge in [0.1, 0.15) is 0 Å². The molecule has 2 amide bonds. The van der Waals surface area contributed by atoms with E-state index < -0.39 is 6.04 Å². The maximum absolute atomic E-state index is 11.6. The van der Waals surface area contributed by atoms with Crippen molar-refractivity contribution in [3.63, 3.8) is 0 Å². The number of rotatable bonds is 7. The van der Waals surface area contributed by atoms with Gasteiger partial charge in [-0.25, -0.2) is 0 Å². The fourth-order valence-electron chi connectivity index (χ4n) is 1.40. The van der Waals surface area contributed by atoms with Gasteiger partial charge in [-0.2, -0.15) is 11.8 Å². The van der Waals surface area contributed by atoms with Crippen LogP contribution in [0.4, 0.5) is 5.69 Å². The maximum atomic E-state index is 11.6. The van der Waals surface area contributed by atoms with Gasteiger partial charge in [-0.1, -0.05) is 18.2 Å². The summed E-state index contributed by atoms with van der Waals surface area (Å²) in [5.41, 5.74) is 6.39. The zero-order valence-electron chi connectivity index (χ0n) is 10.9. The number of benzene rings is 1. The second-order valence-corrected chi connectivity index (χ2v) is 5.01. The van der Waals surface area contributed by atoms with Crippen LogP contribution in [0.3, 0.4) is 0 Å². The van der Waals surface area contributed by atoms with Crippen molar-refractivity contribution in [3.05, 3.63) is 30.3 Å². The Balaban J connectivity index is 2.28. The number of carbonyl (C=O) groups is 2. The first-order chi connectivity index (χ1) is 9.13. The average Bonchev–Trinajstić information content (AvgIpc) is 2.43. The number of nitrogens with two attached hydrogens (primary N) is 1. The molecule has 0 fully saturated rings. The minimum Gasteiger partial charge on any atom is -0.346 e. The minimum atomic E-state index is -0.558. The molecule has 0 radical (unpaired) electrons. The summed E-state index contributed by atoms with van der Waals surface area (Å²) in [6, 6.07) is 8.52. The third kappa shape index (κ3) is 6.26. The van der Waals surface area contributed by atoms with E-state index in [1.54, 1.807) is 23.9 Å². The molecule has 0 aromatic heterocycles. The molecule has 104 valence electrons. The van der Waals surface area contributed by atoms with Crippen molar-refractivity contribution < 1.29 is 9.59 Å². The SMILES string of the molecule is CSCC[C@H](N)C(=O)NCC(=O)Nc1ccccc1. The molecule has 0 bridgehead atoms. The molecular formula is C13H19N3O2S. The van der Waals surface area contributed by atoms with Gasteiger partial charge in [-0.05, 0) is 30.6 Å². The number of thioether (sulfide) groups is 1. The standard InChI is InChI=1S/C13H19N3O2S/c1-19-8-7-11(14)13(18)15-9-12(17)16-10-5-3-2-4-6-10/h2-6,11H,7-9,14H2,1H3,(H,15,18)(H,16,17)/t11-/m0/s1. The normalized spacial score (nSPS) is 11.7. The Hall–Kier alpha value is -1.53. The number of anilines is 1. The van der Waals surface area contributed by atoms with E-state index in [0.717, 1.165) is 5.75 Å². The third-order valence-electron chi connectivity index (χ3n) is 2.45. The van der Waals surface area contributed by atoms with E-state index in [2.05, 4.69) is 10.6 Å². The molecule has 0 spiro atoms. The predicted molar refractivity (Wildman–Crippen MR) is 79.1 cm³/mol. The molecule has 1 aromatic rings. The maximum Gasteiger partial charge on any atom is 0.243 e. The van der Waals surface area contributed by atoms with Crippen LogP contribution in [0.5, 0.6) is 0 Å². The summed E-state index contributed by atoms with van der Waals surface area (Å²) < 4.78 is 0. The zero-order valence-corrected chi connectivity index (χ0v) is 11.7. The summed E-state index contributed by atoms with van der Waals surface area (Å²) in [6.07, 6.45) is 2.56. The van der Waals surface area contributed by atoms with Crippen molar-refractivity contribution in [2.75, 3.05) is 23.9 Å². The minimum absolute atomic E-state index is 0.0688. The van der Waals surface area contributed by atoms with Crippen molar-refractivity contribution in [2.24, 2.45) is 5.73 Å². The van der Waals surface area contributed by atoms with Gasteiger partial charge in [0.15, 0.2) is 0 Å². The molecule has 0 aliphatic heterocycles. The summed E-state index contributed by atoms with van der Waals surface area (Å²) in [5, 5.41) is 5.21. The molecule has 1 atom stereocenters. The lowest BCUT2D eigenvalue weighted by Gasteiger charge is -2.11. The molecule has 19 heavy (non-hydrogen) atoms. The van der Waals surface area contributed by atoms with Crippen LogP contribution in [0.2, 0.25) is 0 Å². The van der Waals surface area contributed by atoms with Gasteiger partial charge in [-0.15, -0.1) is 0 Å². The van der Waals surface area contributed by atoms with Crippen LogP contribution in [-0.4, -0.2) is 36.4 Å². The van der Waals surface area contributed by atoms with E-state index >= 15 is 0 Å². The van der Waals surface area contributed by atoms with Gasteiger partial charge >= 0.3 is 0 Å². The first-order valence-corrected chi connectivity index (χ1v) is 7.40. The molecule has 0 saturated carbocycles. The molecule has 0 saturated heterocycles. The molecule has 4 N–H and O–H groups in total. The van der Waals surface area contributed by atoms with E-state index in [9.17, 15) is 9.59 Å². The van der Waals surface area contributed by atoms with Crippen molar-refractivity contribution in [1.82, 2.24) is 5.32 Å². The number of para-hydroxylation sites is 1. The number of amides is 2. The molecule has 0 aliphatic rings. The van der Waals surface area contributed by atoms with Crippen LogP contribution in [0.1, 0.15) is 6.42 Å². The van der Waals surface area contributed by atoms with Gasteiger partial charge in [0.2, 0.25) is 11.8 Å². The van der Waals surface area contributed by atoms with Crippen LogP contribution >= 0.6 is 11.8 Å². The van der Waals surface area contributed by atoms with E-state index in [-0.39, 0.29) is 18.4 Å². The van der Waals surface area contributed by atoms with Crippen molar-refractivity contribution in [2.45, 2.75) is 12.5 Å². The van der Waals surface area contributed by atoms with Crippen molar-refractivity contribution in [3.8, 4) is 0 Å². The van der Waals surface area contributed by atoms with Crippen molar-refractivity contribution >= 4 is 29.3 Å². The van der Waals surface area contributed by atoms with E-state index in [4.69, 9.17) is 5.73 Å². The average molecular weight is 281 g/mol. The summed E-state index contributed by atoms with van der Waals surface area (Å²) in [5.74, 6) is 0.263. The monoisotopic (exact) mass is 281 g/mol. The molecule has 0 aliphatic carbocycles. The molecular weight excluding hydrogens is 262 g/mol. The van der Waals surface area contributed by atoms with Gasteiger partial charge in [0.25, 0.3) is 0 Å². The summed E-state index contributed by atoms with van der Waals surface area (Å²) in [4.78, 5) is 23.2. The van der Waals surface area contributed by atoms with E-state index in [1.807, 2.05) is 24.5 Å². The predicted octanol–water partition coefficient (Wildman–Crippen LogP) is 0.822. The number of hydrogen-bond donors (Lipinski definition) is 3.